The Morgan fingerprint density at radius 1 is 1.33 bits per heavy atom. The van der Waals surface area contributed by atoms with Gasteiger partial charge in [0.05, 0.1) is 0 Å². The maximum Gasteiger partial charge on any atom is 0.0494 e. The van der Waals surface area contributed by atoms with Crippen molar-refractivity contribution in [2.75, 3.05) is 19.0 Å². The van der Waals surface area contributed by atoms with Gasteiger partial charge in [-0.1, -0.05) is 57.0 Å². The molecule has 1 rings (SSSR count). The van der Waals surface area contributed by atoms with Crippen molar-refractivity contribution >= 4 is 31.9 Å². The van der Waals surface area contributed by atoms with Gasteiger partial charge in [-0.3, -0.25) is 0 Å². The summed E-state index contributed by atoms with van der Waals surface area (Å²) >= 11 is 7.18. The highest BCUT2D eigenvalue weighted by Crippen LogP contribution is 2.32. The summed E-state index contributed by atoms with van der Waals surface area (Å²) in [7, 11) is 1.75. The SMILES string of the molecule is COCC(C)C(CBr)c1ccccc1Br. The van der Waals surface area contributed by atoms with Gasteiger partial charge in [-0.05, 0) is 23.5 Å². The first-order chi connectivity index (χ1) is 7.20. The summed E-state index contributed by atoms with van der Waals surface area (Å²) in [5, 5.41) is 0.958. The largest absolute Gasteiger partial charge is 0.384 e. The molecule has 1 aromatic rings. The zero-order valence-corrected chi connectivity index (χ0v) is 12.2. The van der Waals surface area contributed by atoms with Gasteiger partial charge >= 0.3 is 0 Å². The number of benzene rings is 1. The van der Waals surface area contributed by atoms with E-state index in [4.69, 9.17) is 4.74 Å². The summed E-state index contributed by atoms with van der Waals surface area (Å²) in [5.41, 5.74) is 1.35. The fourth-order valence-electron chi connectivity index (χ4n) is 1.70. The van der Waals surface area contributed by atoms with E-state index in [0.29, 0.717) is 11.8 Å². The lowest BCUT2D eigenvalue weighted by Crippen LogP contribution is -2.16. The summed E-state index contributed by atoms with van der Waals surface area (Å²) in [6, 6.07) is 8.38. The van der Waals surface area contributed by atoms with Crippen molar-refractivity contribution < 1.29 is 4.74 Å². The Balaban J connectivity index is 2.87. The fraction of sp³-hybridized carbons (Fsp3) is 0.500. The predicted molar refractivity (Wildman–Crippen MR) is 71.7 cm³/mol. The standard InChI is InChI=1S/C12H16Br2O/c1-9(8-15-2)11(7-13)10-5-3-4-6-12(10)14/h3-6,9,11H,7-8H2,1-2H3. The van der Waals surface area contributed by atoms with Crippen molar-refractivity contribution in [3.63, 3.8) is 0 Å². The molecule has 15 heavy (non-hydrogen) atoms. The molecule has 0 bridgehead atoms. The Bertz CT molecular complexity index is 301. The molecule has 0 amide bonds. The lowest BCUT2D eigenvalue weighted by atomic mass is 9.89. The third-order valence-electron chi connectivity index (χ3n) is 2.59. The number of alkyl halides is 1. The van der Waals surface area contributed by atoms with Crippen LogP contribution in [0.5, 0.6) is 0 Å². The molecule has 0 heterocycles. The van der Waals surface area contributed by atoms with Crippen LogP contribution < -0.4 is 0 Å². The number of hydrogen-bond donors (Lipinski definition) is 0. The second-order valence-corrected chi connectivity index (χ2v) is 5.22. The zero-order chi connectivity index (χ0) is 11.3. The first kappa shape index (κ1) is 13.2. The molecule has 0 radical (unpaired) electrons. The van der Waals surface area contributed by atoms with Gasteiger partial charge in [0, 0.05) is 23.5 Å². The first-order valence-electron chi connectivity index (χ1n) is 5.00. The van der Waals surface area contributed by atoms with Crippen LogP contribution in [-0.4, -0.2) is 19.0 Å². The quantitative estimate of drug-likeness (QED) is 0.732. The normalized spacial score (nSPS) is 14.9. The van der Waals surface area contributed by atoms with E-state index in [0.717, 1.165) is 11.9 Å². The van der Waals surface area contributed by atoms with Crippen LogP contribution in [0.3, 0.4) is 0 Å². The van der Waals surface area contributed by atoms with Crippen LogP contribution in [-0.2, 0) is 4.74 Å². The molecule has 0 fully saturated rings. The summed E-state index contributed by atoms with van der Waals surface area (Å²) in [5.74, 6) is 0.994. The van der Waals surface area contributed by atoms with Gasteiger partial charge in [-0.15, -0.1) is 0 Å². The molecule has 0 aromatic heterocycles. The summed E-state index contributed by atoms with van der Waals surface area (Å²) < 4.78 is 6.39. The van der Waals surface area contributed by atoms with Crippen molar-refractivity contribution in [3.05, 3.63) is 34.3 Å². The van der Waals surface area contributed by atoms with Crippen LogP contribution in [0.2, 0.25) is 0 Å². The molecule has 1 aromatic carbocycles. The van der Waals surface area contributed by atoms with Gasteiger partial charge in [-0.25, -0.2) is 0 Å². The van der Waals surface area contributed by atoms with Crippen molar-refractivity contribution in [3.8, 4) is 0 Å². The molecular weight excluding hydrogens is 320 g/mol. The van der Waals surface area contributed by atoms with Gasteiger partial charge in [0.1, 0.15) is 0 Å². The number of hydrogen-bond acceptors (Lipinski definition) is 1. The van der Waals surface area contributed by atoms with E-state index in [-0.39, 0.29) is 0 Å². The van der Waals surface area contributed by atoms with Crippen molar-refractivity contribution in [2.45, 2.75) is 12.8 Å². The monoisotopic (exact) mass is 334 g/mol. The third kappa shape index (κ3) is 3.58. The highest BCUT2D eigenvalue weighted by atomic mass is 79.9. The molecule has 0 saturated carbocycles. The smallest absolute Gasteiger partial charge is 0.0494 e. The average molecular weight is 336 g/mol. The minimum absolute atomic E-state index is 0.487. The van der Waals surface area contributed by atoms with Gasteiger partial charge in [0.2, 0.25) is 0 Å². The highest BCUT2D eigenvalue weighted by molar-refractivity contribution is 9.10. The Morgan fingerprint density at radius 3 is 2.53 bits per heavy atom. The van der Waals surface area contributed by atoms with E-state index in [9.17, 15) is 0 Å². The molecule has 0 saturated heterocycles. The fourth-order valence-corrected chi connectivity index (χ4v) is 3.26. The molecule has 0 aliphatic carbocycles. The van der Waals surface area contributed by atoms with E-state index in [1.54, 1.807) is 7.11 Å². The van der Waals surface area contributed by atoms with Gasteiger partial charge in [-0.2, -0.15) is 0 Å². The van der Waals surface area contributed by atoms with Crippen LogP contribution in [0.15, 0.2) is 28.7 Å². The van der Waals surface area contributed by atoms with Crippen LogP contribution >= 0.6 is 31.9 Å². The van der Waals surface area contributed by atoms with Crippen LogP contribution in [0.25, 0.3) is 0 Å². The van der Waals surface area contributed by atoms with Crippen molar-refractivity contribution in [1.29, 1.82) is 0 Å². The summed E-state index contributed by atoms with van der Waals surface area (Å²) in [4.78, 5) is 0. The zero-order valence-electron chi connectivity index (χ0n) is 9.04. The molecular formula is C12H16Br2O. The average Bonchev–Trinajstić information content (AvgIpc) is 2.22. The first-order valence-corrected chi connectivity index (χ1v) is 6.91. The summed E-state index contributed by atoms with van der Waals surface area (Å²) in [6.45, 7) is 3.01. The number of ether oxygens (including phenoxy) is 1. The number of rotatable bonds is 5. The minimum Gasteiger partial charge on any atom is -0.384 e. The Labute approximate surface area is 108 Å². The Kier molecular flexibility index (Phi) is 5.87. The van der Waals surface area contributed by atoms with Gasteiger partial charge in [0.15, 0.2) is 0 Å². The van der Waals surface area contributed by atoms with Crippen LogP contribution in [0.1, 0.15) is 18.4 Å². The van der Waals surface area contributed by atoms with Gasteiger partial charge < -0.3 is 4.74 Å². The number of halogens is 2. The second-order valence-electron chi connectivity index (χ2n) is 3.71. The lowest BCUT2D eigenvalue weighted by Gasteiger charge is -2.22. The predicted octanol–water partition coefficient (Wildman–Crippen LogP) is 4.21. The van der Waals surface area contributed by atoms with E-state index in [1.807, 2.05) is 6.07 Å². The third-order valence-corrected chi connectivity index (χ3v) is 4.01. The molecule has 0 spiro atoms. The minimum atomic E-state index is 0.487. The molecule has 0 N–H and O–H groups in total. The van der Waals surface area contributed by atoms with Gasteiger partial charge in [0.25, 0.3) is 0 Å². The molecule has 1 nitrogen and oxygen atoms in total. The van der Waals surface area contributed by atoms with E-state index in [1.165, 1.54) is 10.0 Å². The Hall–Kier alpha value is 0.140. The van der Waals surface area contributed by atoms with E-state index in [2.05, 4.69) is 57.0 Å². The van der Waals surface area contributed by atoms with Crippen molar-refractivity contribution in [1.82, 2.24) is 0 Å². The second kappa shape index (κ2) is 6.66. The highest BCUT2D eigenvalue weighted by Gasteiger charge is 2.19. The lowest BCUT2D eigenvalue weighted by molar-refractivity contribution is 0.150. The van der Waals surface area contributed by atoms with E-state index < -0.39 is 0 Å². The van der Waals surface area contributed by atoms with E-state index >= 15 is 0 Å². The molecule has 0 aliphatic rings. The Morgan fingerprint density at radius 2 is 2.00 bits per heavy atom. The molecule has 2 atom stereocenters. The molecule has 0 aliphatic heterocycles. The van der Waals surface area contributed by atoms with Crippen molar-refractivity contribution in [2.24, 2.45) is 5.92 Å². The maximum absolute atomic E-state index is 5.21. The molecule has 84 valence electrons. The molecule has 2 unspecified atom stereocenters. The van der Waals surface area contributed by atoms with Crippen LogP contribution in [0, 0.1) is 5.92 Å². The number of methoxy groups -OCH3 is 1. The summed E-state index contributed by atoms with van der Waals surface area (Å²) in [6.07, 6.45) is 0. The molecule has 3 heteroatoms. The maximum atomic E-state index is 5.21. The topological polar surface area (TPSA) is 9.23 Å². The van der Waals surface area contributed by atoms with Crippen LogP contribution in [0.4, 0.5) is 0 Å².